The maximum Gasteiger partial charge on any atom is 0.344 e. The Morgan fingerprint density at radius 3 is 2.91 bits per heavy atom. The van der Waals surface area contributed by atoms with Crippen molar-refractivity contribution < 1.29 is 24.2 Å². The minimum Gasteiger partial charge on any atom is -0.479 e. The fraction of sp³-hybridized carbons (Fsp3) is 0.125. The summed E-state index contributed by atoms with van der Waals surface area (Å²) in [5.41, 5.74) is 0.443. The van der Waals surface area contributed by atoms with Gasteiger partial charge in [-0.1, -0.05) is 6.07 Å². The number of hydrogen-bond acceptors (Lipinski definition) is 5. The molecule has 0 aliphatic carbocycles. The highest BCUT2D eigenvalue weighted by Gasteiger charge is 2.28. The number of fused-ring (bicyclic) bond motifs is 1. The van der Waals surface area contributed by atoms with Gasteiger partial charge >= 0.3 is 5.97 Å². The molecule has 2 heterocycles. The van der Waals surface area contributed by atoms with Gasteiger partial charge in [-0.3, -0.25) is 4.79 Å². The van der Waals surface area contributed by atoms with Gasteiger partial charge in [0.15, 0.2) is 11.9 Å². The molecular formula is C16H12O5S. The van der Waals surface area contributed by atoms with Crippen molar-refractivity contribution in [2.45, 2.75) is 13.0 Å². The van der Waals surface area contributed by atoms with Crippen molar-refractivity contribution in [3.05, 3.63) is 51.9 Å². The summed E-state index contributed by atoms with van der Waals surface area (Å²) in [7, 11) is 0. The molecule has 0 amide bonds. The van der Waals surface area contributed by atoms with E-state index < -0.39 is 12.1 Å². The number of rotatable bonds is 4. The van der Waals surface area contributed by atoms with Crippen molar-refractivity contribution >= 4 is 29.2 Å². The molecule has 3 rings (SSSR count). The standard InChI is InChI=1S/C16H12O5S/c1-9(16(18)19)20-10-4-5-12-13(7-10)21-14(15(12)17)8-11-3-2-6-22-11/h2-9H,1H3,(H,18,19). The van der Waals surface area contributed by atoms with Gasteiger partial charge in [-0.25, -0.2) is 4.79 Å². The van der Waals surface area contributed by atoms with Gasteiger partial charge in [0.1, 0.15) is 11.5 Å². The second kappa shape index (κ2) is 5.65. The van der Waals surface area contributed by atoms with Gasteiger partial charge in [0, 0.05) is 17.0 Å². The number of hydrogen-bond donors (Lipinski definition) is 1. The van der Waals surface area contributed by atoms with Gasteiger partial charge in [-0.15, -0.1) is 11.3 Å². The Labute approximate surface area is 130 Å². The average molecular weight is 316 g/mol. The number of benzene rings is 1. The molecule has 1 aromatic carbocycles. The monoisotopic (exact) mass is 316 g/mol. The van der Waals surface area contributed by atoms with E-state index in [9.17, 15) is 9.59 Å². The van der Waals surface area contributed by atoms with Crippen molar-refractivity contribution in [3.63, 3.8) is 0 Å². The second-order valence-corrected chi connectivity index (χ2v) is 5.69. The summed E-state index contributed by atoms with van der Waals surface area (Å²) in [6.07, 6.45) is 0.712. The van der Waals surface area contributed by atoms with Crippen LogP contribution in [-0.4, -0.2) is 23.0 Å². The summed E-state index contributed by atoms with van der Waals surface area (Å²) in [5.74, 6) is -0.278. The van der Waals surface area contributed by atoms with Crippen molar-refractivity contribution in [3.8, 4) is 11.5 Å². The van der Waals surface area contributed by atoms with Crippen molar-refractivity contribution in [2.75, 3.05) is 0 Å². The molecule has 0 fully saturated rings. The summed E-state index contributed by atoms with van der Waals surface area (Å²) in [5, 5.41) is 10.8. The molecule has 0 bridgehead atoms. The van der Waals surface area contributed by atoms with Crippen LogP contribution in [0.3, 0.4) is 0 Å². The highest BCUT2D eigenvalue weighted by molar-refractivity contribution is 7.10. The minimum atomic E-state index is -1.06. The number of ether oxygens (including phenoxy) is 2. The lowest BCUT2D eigenvalue weighted by molar-refractivity contribution is -0.144. The number of carbonyl (C=O) groups is 2. The summed E-state index contributed by atoms with van der Waals surface area (Å²) >= 11 is 1.51. The molecule has 1 aliphatic rings. The summed E-state index contributed by atoms with van der Waals surface area (Å²) in [6, 6.07) is 8.45. The molecule has 2 aromatic rings. The fourth-order valence-electron chi connectivity index (χ4n) is 2.00. The predicted octanol–water partition coefficient (Wildman–Crippen LogP) is 3.22. The largest absolute Gasteiger partial charge is 0.479 e. The Bertz CT molecular complexity index is 761. The van der Waals surface area contributed by atoms with Crippen LogP contribution in [0.15, 0.2) is 41.5 Å². The Kier molecular flexibility index (Phi) is 3.68. The van der Waals surface area contributed by atoms with Crippen LogP contribution in [0.4, 0.5) is 0 Å². The van der Waals surface area contributed by atoms with Gasteiger partial charge in [-0.05, 0) is 30.5 Å². The van der Waals surface area contributed by atoms with Crippen LogP contribution in [0.2, 0.25) is 0 Å². The Balaban J connectivity index is 1.85. The molecule has 1 atom stereocenters. The normalized spacial score (nSPS) is 16.2. The maximum atomic E-state index is 12.2. The van der Waals surface area contributed by atoms with E-state index >= 15 is 0 Å². The van der Waals surface area contributed by atoms with Gasteiger partial charge in [0.25, 0.3) is 0 Å². The first-order chi connectivity index (χ1) is 10.5. The van der Waals surface area contributed by atoms with Crippen LogP contribution >= 0.6 is 11.3 Å². The number of allylic oxidation sites excluding steroid dienone is 1. The molecule has 5 nitrogen and oxygen atoms in total. The Morgan fingerprint density at radius 2 is 2.23 bits per heavy atom. The lowest BCUT2D eigenvalue weighted by Gasteiger charge is -2.10. The van der Waals surface area contributed by atoms with E-state index in [2.05, 4.69) is 0 Å². The maximum absolute atomic E-state index is 12.2. The summed E-state index contributed by atoms with van der Waals surface area (Å²) in [4.78, 5) is 24.0. The third kappa shape index (κ3) is 2.73. The quantitative estimate of drug-likeness (QED) is 0.877. The SMILES string of the molecule is CC(Oc1ccc2c(c1)OC(=Cc1cccs1)C2=O)C(=O)O. The third-order valence-electron chi connectivity index (χ3n) is 3.12. The Hall–Kier alpha value is -2.60. The zero-order chi connectivity index (χ0) is 15.7. The Morgan fingerprint density at radius 1 is 1.41 bits per heavy atom. The number of thiophene rings is 1. The van der Waals surface area contributed by atoms with Crippen molar-refractivity contribution in [1.82, 2.24) is 0 Å². The van der Waals surface area contributed by atoms with E-state index in [1.165, 1.54) is 24.3 Å². The zero-order valence-electron chi connectivity index (χ0n) is 11.6. The van der Waals surface area contributed by atoms with Crippen LogP contribution in [0.5, 0.6) is 11.5 Å². The van der Waals surface area contributed by atoms with E-state index in [-0.39, 0.29) is 11.5 Å². The number of carboxylic acids is 1. The molecule has 0 radical (unpaired) electrons. The molecule has 0 saturated heterocycles. The first kappa shape index (κ1) is 14.3. The molecule has 22 heavy (non-hydrogen) atoms. The number of Topliss-reactive ketones (excluding diaryl/α,β-unsaturated/α-hetero) is 1. The smallest absolute Gasteiger partial charge is 0.344 e. The van der Waals surface area contributed by atoms with Crippen LogP contribution in [-0.2, 0) is 4.79 Å². The molecule has 1 aromatic heterocycles. The summed E-state index contributed by atoms with van der Waals surface area (Å²) in [6.45, 7) is 1.43. The molecule has 1 aliphatic heterocycles. The number of aliphatic carboxylic acids is 1. The van der Waals surface area contributed by atoms with Gasteiger partial charge < -0.3 is 14.6 Å². The van der Waals surface area contributed by atoms with E-state index in [4.69, 9.17) is 14.6 Å². The number of ketones is 1. The first-order valence-electron chi connectivity index (χ1n) is 6.56. The van der Waals surface area contributed by atoms with E-state index in [1.54, 1.807) is 18.2 Å². The molecule has 0 spiro atoms. The van der Waals surface area contributed by atoms with Gasteiger partial charge in [0.05, 0.1) is 5.56 Å². The molecule has 6 heteroatoms. The lowest BCUT2D eigenvalue weighted by atomic mass is 10.1. The van der Waals surface area contributed by atoms with Gasteiger partial charge in [-0.2, -0.15) is 0 Å². The first-order valence-corrected chi connectivity index (χ1v) is 7.44. The lowest BCUT2D eigenvalue weighted by Crippen LogP contribution is -2.22. The second-order valence-electron chi connectivity index (χ2n) is 4.71. The minimum absolute atomic E-state index is 0.193. The van der Waals surface area contributed by atoms with Crippen LogP contribution < -0.4 is 9.47 Å². The van der Waals surface area contributed by atoms with E-state index in [0.29, 0.717) is 17.1 Å². The topological polar surface area (TPSA) is 72.8 Å². The third-order valence-corrected chi connectivity index (χ3v) is 3.94. The highest BCUT2D eigenvalue weighted by Crippen LogP contribution is 2.35. The molecule has 1 N–H and O–H groups in total. The van der Waals surface area contributed by atoms with Gasteiger partial charge in [0.2, 0.25) is 5.78 Å². The van der Waals surface area contributed by atoms with E-state index in [1.807, 2.05) is 17.5 Å². The van der Waals surface area contributed by atoms with Crippen LogP contribution in [0.25, 0.3) is 6.08 Å². The zero-order valence-corrected chi connectivity index (χ0v) is 12.4. The number of carboxylic acid groups (broad SMARTS) is 1. The van der Waals surface area contributed by atoms with Crippen molar-refractivity contribution in [2.24, 2.45) is 0 Å². The summed E-state index contributed by atoms with van der Waals surface area (Å²) < 4.78 is 10.8. The molecule has 0 saturated carbocycles. The predicted molar refractivity (Wildman–Crippen MR) is 81.4 cm³/mol. The van der Waals surface area contributed by atoms with E-state index in [0.717, 1.165) is 4.88 Å². The van der Waals surface area contributed by atoms with Crippen molar-refractivity contribution in [1.29, 1.82) is 0 Å². The highest BCUT2D eigenvalue weighted by atomic mass is 32.1. The number of carbonyl (C=O) groups excluding carboxylic acids is 1. The molecular weight excluding hydrogens is 304 g/mol. The van der Waals surface area contributed by atoms with Crippen LogP contribution in [0, 0.1) is 0 Å². The van der Waals surface area contributed by atoms with Crippen LogP contribution in [0.1, 0.15) is 22.2 Å². The average Bonchev–Trinajstić information content (AvgIpc) is 3.08. The molecule has 1 unspecified atom stereocenters. The molecule has 112 valence electrons. The fourth-order valence-corrected chi connectivity index (χ4v) is 2.64.